The summed E-state index contributed by atoms with van der Waals surface area (Å²) in [6, 6.07) is 1.99. The topological polar surface area (TPSA) is 34.1 Å². The minimum Gasteiger partial charge on any atom is -0.383 e. The summed E-state index contributed by atoms with van der Waals surface area (Å²) in [7, 11) is 1.71. The summed E-state index contributed by atoms with van der Waals surface area (Å²) in [6.45, 7) is 7.01. The van der Waals surface area contributed by atoms with Gasteiger partial charge in [-0.2, -0.15) is 0 Å². The average Bonchev–Trinajstić information content (AvgIpc) is 2.28. The van der Waals surface area contributed by atoms with Crippen molar-refractivity contribution in [3.63, 3.8) is 0 Å². The molecule has 17 heavy (non-hydrogen) atoms. The maximum atomic E-state index is 6.11. The second-order valence-corrected chi connectivity index (χ2v) is 5.38. The lowest BCUT2D eigenvalue weighted by Crippen LogP contribution is -2.33. The van der Waals surface area contributed by atoms with Gasteiger partial charge in [-0.05, 0) is 23.5 Å². The number of hydrogen-bond acceptors (Lipinski definition) is 3. The van der Waals surface area contributed by atoms with E-state index in [1.807, 2.05) is 6.07 Å². The maximum Gasteiger partial charge on any atom is 0.0621 e. The molecular formula is C13H21ClN2O. The molecule has 0 radical (unpaired) electrons. The van der Waals surface area contributed by atoms with Crippen LogP contribution in [0.15, 0.2) is 18.5 Å². The van der Waals surface area contributed by atoms with Crippen molar-refractivity contribution in [2.24, 2.45) is 5.41 Å². The molecule has 3 nitrogen and oxygen atoms in total. The summed E-state index contributed by atoms with van der Waals surface area (Å²) in [4.78, 5) is 4.00. The normalized spacial score (nSPS) is 11.8. The minimum atomic E-state index is 0.165. The smallest absolute Gasteiger partial charge is 0.0621 e. The number of halogens is 1. The summed E-state index contributed by atoms with van der Waals surface area (Å²) in [5.41, 5.74) is 1.32. The quantitative estimate of drug-likeness (QED) is 0.762. The molecule has 0 amide bonds. The monoisotopic (exact) mass is 256 g/mol. The lowest BCUT2D eigenvalue weighted by Gasteiger charge is -2.25. The van der Waals surface area contributed by atoms with Gasteiger partial charge >= 0.3 is 0 Å². The van der Waals surface area contributed by atoms with Crippen molar-refractivity contribution in [2.75, 3.05) is 26.8 Å². The van der Waals surface area contributed by atoms with Gasteiger partial charge in [-0.15, -0.1) is 0 Å². The molecular weight excluding hydrogens is 236 g/mol. The van der Waals surface area contributed by atoms with Gasteiger partial charge < -0.3 is 10.1 Å². The Morgan fingerprint density at radius 3 is 2.88 bits per heavy atom. The first-order chi connectivity index (χ1) is 8.05. The molecule has 4 heteroatoms. The predicted octanol–water partition coefficient (Wildman–Crippen LogP) is 2.54. The lowest BCUT2D eigenvalue weighted by atomic mass is 9.86. The zero-order valence-corrected chi connectivity index (χ0v) is 11.5. The van der Waals surface area contributed by atoms with Crippen molar-refractivity contribution in [3.05, 3.63) is 29.0 Å². The molecule has 0 aromatic carbocycles. The van der Waals surface area contributed by atoms with Gasteiger partial charge in [0, 0.05) is 32.6 Å². The molecule has 0 saturated heterocycles. The van der Waals surface area contributed by atoms with Crippen LogP contribution in [0.4, 0.5) is 0 Å². The third-order valence-corrected chi connectivity index (χ3v) is 2.95. The van der Waals surface area contributed by atoms with Gasteiger partial charge in [-0.3, -0.25) is 4.98 Å². The van der Waals surface area contributed by atoms with E-state index < -0.39 is 0 Å². The fourth-order valence-electron chi connectivity index (χ4n) is 1.73. The highest BCUT2D eigenvalue weighted by Gasteiger charge is 2.19. The minimum absolute atomic E-state index is 0.165. The number of nitrogens with one attached hydrogen (secondary N) is 1. The Bertz CT molecular complexity index is 342. The van der Waals surface area contributed by atoms with Gasteiger partial charge in [0.15, 0.2) is 0 Å². The van der Waals surface area contributed by atoms with E-state index in [0.29, 0.717) is 0 Å². The van der Waals surface area contributed by atoms with Crippen molar-refractivity contribution < 1.29 is 4.74 Å². The van der Waals surface area contributed by atoms with Crippen LogP contribution in [0.25, 0.3) is 0 Å². The number of aromatic nitrogens is 1. The molecule has 1 N–H and O–H groups in total. The molecule has 0 saturated carbocycles. The summed E-state index contributed by atoms with van der Waals surface area (Å²) in [5.74, 6) is 0. The van der Waals surface area contributed by atoms with Crippen molar-refractivity contribution >= 4 is 11.6 Å². The lowest BCUT2D eigenvalue weighted by molar-refractivity contribution is 0.194. The highest BCUT2D eigenvalue weighted by Crippen LogP contribution is 2.25. The van der Waals surface area contributed by atoms with Crippen LogP contribution < -0.4 is 5.32 Å². The molecule has 0 aliphatic carbocycles. The van der Waals surface area contributed by atoms with Crippen molar-refractivity contribution in [1.29, 1.82) is 0 Å². The van der Waals surface area contributed by atoms with Crippen LogP contribution in [-0.2, 0) is 11.2 Å². The Morgan fingerprint density at radius 1 is 1.47 bits per heavy atom. The molecule has 0 aliphatic rings. The molecule has 1 rings (SSSR count). The molecule has 1 aromatic heterocycles. The van der Waals surface area contributed by atoms with E-state index in [9.17, 15) is 0 Å². The number of rotatable bonds is 7. The van der Waals surface area contributed by atoms with Gasteiger partial charge in [0.25, 0.3) is 0 Å². The third-order valence-electron chi connectivity index (χ3n) is 2.61. The van der Waals surface area contributed by atoms with E-state index >= 15 is 0 Å². The molecule has 0 atom stereocenters. The molecule has 1 heterocycles. The van der Waals surface area contributed by atoms with E-state index in [0.717, 1.165) is 36.7 Å². The number of nitrogens with zero attached hydrogens (tertiary/aromatic N) is 1. The van der Waals surface area contributed by atoms with E-state index in [-0.39, 0.29) is 5.41 Å². The summed E-state index contributed by atoms with van der Waals surface area (Å²) >= 11 is 6.11. The van der Waals surface area contributed by atoms with Gasteiger partial charge in [0.2, 0.25) is 0 Å². The molecule has 0 bridgehead atoms. The van der Waals surface area contributed by atoms with Crippen LogP contribution in [-0.4, -0.2) is 31.8 Å². The van der Waals surface area contributed by atoms with Crippen LogP contribution in [0.5, 0.6) is 0 Å². The SMILES string of the molecule is COCCNCC(C)(C)Cc1ccncc1Cl. The maximum absolute atomic E-state index is 6.11. The Kier molecular flexibility index (Phi) is 5.89. The summed E-state index contributed by atoms with van der Waals surface area (Å²) in [5, 5.41) is 4.13. The highest BCUT2D eigenvalue weighted by atomic mass is 35.5. The van der Waals surface area contributed by atoms with Gasteiger partial charge in [0.1, 0.15) is 0 Å². The summed E-state index contributed by atoms with van der Waals surface area (Å²) < 4.78 is 5.00. The molecule has 0 aliphatic heterocycles. The van der Waals surface area contributed by atoms with Gasteiger partial charge in [-0.25, -0.2) is 0 Å². The molecule has 0 fully saturated rings. The number of ether oxygens (including phenoxy) is 1. The van der Waals surface area contributed by atoms with E-state index in [4.69, 9.17) is 16.3 Å². The van der Waals surface area contributed by atoms with Crippen LogP contribution >= 0.6 is 11.6 Å². The van der Waals surface area contributed by atoms with Crippen molar-refractivity contribution in [1.82, 2.24) is 10.3 Å². The Hall–Kier alpha value is -0.640. The summed E-state index contributed by atoms with van der Waals surface area (Å²) in [6.07, 6.45) is 4.43. The first-order valence-electron chi connectivity index (χ1n) is 5.83. The third kappa shape index (κ3) is 5.48. The average molecular weight is 257 g/mol. The highest BCUT2D eigenvalue weighted by molar-refractivity contribution is 6.31. The Morgan fingerprint density at radius 2 is 2.24 bits per heavy atom. The Labute approximate surface area is 109 Å². The molecule has 0 unspecified atom stereocenters. The second-order valence-electron chi connectivity index (χ2n) is 4.98. The molecule has 0 spiro atoms. The standard InChI is InChI=1S/C13H21ClN2O/c1-13(2,10-16-6-7-17-3)8-11-4-5-15-9-12(11)14/h4-5,9,16H,6-8,10H2,1-3H3. The van der Waals surface area contributed by atoms with Crippen LogP contribution in [0.3, 0.4) is 0 Å². The fraction of sp³-hybridized carbons (Fsp3) is 0.615. The van der Waals surface area contributed by atoms with Crippen molar-refractivity contribution in [3.8, 4) is 0 Å². The van der Waals surface area contributed by atoms with Crippen LogP contribution in [0.2, 0.25) is 5.02 Å². The van der Waals surface area contributed by atoms with Gasteiger partial charge in [-0.1, -0.05) is 25.4 Å². The zero-order chi connectivity index (χ0) is 12.7. The second kappa shape index (κ2) is 6.94. The van der Waals surface area contributed by atoms with E-state index in [2.05, 4.69) is 24.1 Å². The fourth-order valence-corrected chi connectivity index (χ4v) is 1.91. The Balaban J connectivity index is 2.46. The van der Waals surface area contributed by atoms with Crippen LogP contribution in [0.1, 0.15) is 19.4 Å². The predicted molar refractivity (Wildman–Crippen MR) is 71.5 cm³/mol. The largest absolute Gasteiger partial charge is 0.383 e. The number of hydrogen-bond donors (Lipinski definition) is 1. The first-order valence-corrected chi connectivity index (χ1v) is 6.21. The first kappa shape index (κ1) is 14.4. The van der Waals surface area contributed by atoms with Gasteiger partial charge in [0.05, 0.1) is 11.6 Å². The van der Waals surface area contributed by atoms with Crippen molar-refractivity contribution in [2.45, 2.75) is 20.3 Å². The van der Waals surface area contributed by atoms with E-state index in [1.165, 1.54) is 0 Å². The molecule has 96 valence electrons. The number of pyridine rings is 1. The van der Waals surface area contributed by atoms with Crippen LogP contribution in [0, 0.1) is 5.41 Å². The van der Waals surface area contributed by atoms with E-state index in [1.54, 1.807) is 19.5 Å². The zero-order valence-electron chi connectivity index (χ0n) is 10.8. The molecule has 1 aromatic rings. The number of methoxy groups -OCH3 is 1.